The van der Waals surface area contributed by atoms with Gasteiger partial charge in [-0.25, -0.2) is 0 Å². The lowest BCUT2D eigenvalue weighted by atomic mass is 10.0. The topological polar surface area (TPSA) is 117 Å². The average Bonchev–Trinajstić information content (AvgIpc) is 3.31. The number of piperazine rings is 1. The second kappa shape index (κ2) is 10.4. The molecule has 3 aliphatic heterocycles. The zero-order valence-electron chi connectivity index (χ0n) is 20.2. The molecule has 1 unspecified atom stereocenters. The molecule has 35 heavy (non-hydrogen) atoms. The van der Waals surface area contributed by atoms with Gasteiger partial charge in [0.05, 0.1) is 42.2 Å². The van der Waals surface area contributed by atoms with Gasteiger partial charge in [0.2, 0.25) is 0 Å². The molecule has 0 amide bonds. The maximum atomic E-state index is 9.58. The van der Waals surface area contributed by atoms with Gasteiger partial charge in [-0.05, 0) is 38.9 Å². The predicted molar refractivity (Wildman–Crippen MR) is 131 cm³/mol. The molecule has 2 fully saturated rings. The zero-order valence-corrected chi connectivity index (χ0v) is 20.2. The van der Waals surface area contributed by atoms with E-state index in [2.05, 4.69) is 44.2 Å². The standard InChI is InChI=1S/C25H31N9O/c1-32-10-2-3-20(32)17-35-25-30-22-16-33(23-14-28-8-5-18(23)13-27)11-6-21(22)24(31-25)34-12-9-29-19(15-34)4-7-26/h5,8,14,19-20,29H,2-4,6,9-12,15-17H2,1H3/t19?,20-/m0/s1. The van der Waals surface area contributed by atoms with Crippen molar-refractivity contribution in [3.8, 4) is 18.1 Å². The monoisotopic (exact) mass is 473 g/mol. The predicted octanol–water partition coefficient (Wildman–Crippen LogP) is 1.47. The summed E-state index contributed by atoms with van der Waals surface area (Å²) < 4.78 is 6.18. The first-order chi connectivity index (χ1) is 17.2. The summed E-state index contributed by atoms with van der Waals surface area (Å²) in [6.07, 6.45) is 6.93. The molecule has 5 heterocycles. The van der Waals surface area contributed by atoms with Gasteiger partial charge in [-0.2, -0.15) is 20.5 Å². The van der Waals surface area contributed by atoms with Gasteiger partial charge in [-0.15, -0.1) is 0 Å². The fourth-order valence-electron chi connectivity index (χ4n) is 5.28. The Morgan fingerprint density at radius 3 is 2.91 bits per heavy atom. The van der Waals surface area contributed by atoms with Gasteiger partial charge in [0, 0.05) is 50.0 Å². The first-order valence-corrected chi connectivity index (χ1v) is 12.3. The fraction of sp³-hybridized carbons (Fsp3) is 0.560. The number of anilines is 2. The normalized spacial score (nSPS) is 22.4. The van der Waals surface area contributed by atoms with Crippen LogP contribution in [0.1, 0.15) is 36.1 Å². The van der Waals surface area contributed by atoms with Gasteiger partial charge in [-0.3, -0.25) is 4.98 Å². The SMILES string of the molecule is CN1CCC[C@H]1COc1nc2c(c(N3CCNC(CC#N)C3)n1)CCN(c1cnccc1C#N)C2. The van der Waals surface area contributed by atoms with Crippen molar-refractivity contribution in [3.05, 3.63) is 35.3 Å². The highest BCUT2D eigenvalue weighted by Crippen LogP contribution is 2.32. The van der Waals surface area contributed by atoms with Crippen molar-refractivity contribution in [1.82, 2.24) is 25.2 Å². The van der Waals surface area contributed by atoms with E-state index in [1.165, 1.54) is 6.42 Å². The summed E-state index contributed by atoms with van der Waals surface area (Å²) in [5.41, 5.74) is 3.50. The number of nitrogens with zero attached hydrogens (tertiary/aromatic N) is 8. The lowest BCUT2D eigenvalue weighted by Crippen LogP contribution is -2.51. The smallest absolute Gasteiger partial charge is 0.318 e. The molecule has 182 valence electrons. The van der Waals surface area contributed by atoms with Crippen molar-refractivity contribution in [1.29, 1.82) is 10.5 Å². The molecule has 0 radical (unpaired) electrons. The summed E-state index contributed by atoms with van der Waals surface area (Å²) in [6, 6.07) is 7.21. The van der Waals surface area contributed by atoms with E-state index in [9.17, 15) is 10.5 Å². The fourth-order valence-corrected chi connectivity index (χ4v) is 5.28. The third-order valence-electron chi connectivity index (χ3n) is 7.25. The highest BCUT2D eigenvalue weighted by atomic mass is 16.5. The number of nitriles is 2. The number of ether oxygens (including phenoxy) is 1. The van der Waals surface area contributed by atoms with Gasteiger partial charge in [0.15, 0.2) is 0 Å². The van der Waals surface area contributed by atoms with Gasteiger partial charge < -0.3 is 24.8 Å². The molecule has 0 spiro atoms. The molecule has 2 aromatic heterocycles. The highest BCUT2D eigenvalue weighted by Gasteiger charge is 2.30. The minimum Gasteiger partial charge on any atom is -0.462 e. The quantitative estimate of drug-likeness (QED) is 0.661. The van der Waals surface area contributed by atoms with E-state index in [1.807, 2.05) is 0 Å². The third kappa shape index (κ3) is 5.00. The number of likely N-dealkylation sites (tertiary alicyclic amines) is 1. The Morgan fingerprint density at radius 2 is 2.11 bits per heavy atom. The largest absolute Gasteiger partial charge is 0.462 e. The highest BCUT2D eigenvalue weighted by molar-refractivity contribution is 5.60. The van der Waals surface area contributed by atoms with E-state index in [-0.39, 0.29) is 6.04 Å². The van der Waals surface area contributed by atoms with Crippen molar-refractivity contribution in [2.24, 2.45) is 0 Å². The van der Waals surface area contributed by atoms with Gasteiger partial charge in [0.1, 0.15) is 18.5 Å². The third-order valence-corrected chi connectivity index (χ3v) is 7.25. The van der Waals surface area contributed by atoms with Gasteiger partial charge in [-0.1, -0.05) is 0 Å². The Bertz CT molecular complexity index is 1140. The molecule has 0 aromatic carbocycles. The summed E-state index contributed by atoms with van der Waals surface area (Å²) in [4.78, 5) is 20.8. The number of fused-ring (bicyclic) bond motifs is 1. The Kier molecular flexibility index (Phi) is 6.94. The number of aromatic nitrogens is 3. The molecule has 2 atom stereocenters. The van der Waals surface area contributed by atoms with Crippen LogP contribution in [0.4, 0.5) is 11.5 Å². The van der Waals surface area contributed by atoms with E-state index in [4.69, 9.17) is 14.7 Å². The molecule has 0 bridgehead atoms. The number of pyridine rings is 1. The van der Waals surface area contributed by atoms with Crippen LogP contribution in [0.3, 0.4) is 0 Å². The Balaban J connectivity index is 1.45. The maximum Gasteiger partial charge on any atom is 0.318 e. The van der Waals surface area contributed by atoms with Crippen LogP contribution in [-0.2, 0) is 13.0 Å². The number of hydrogen-bond acceptors (Lipinski definition) is 10. The van der Waals surface area contributed by atoms with Crippen molar-refractivity contribution >= 4 is 11.5 Å². The minimum atomic E-state index is 0.115. The summed E-state index contributed by atoms with van der Waals surface area (Å²) in [6.45, 7) is 5.34. The first-order valence-electron chi connectivity index (χ1n) is 12.3. The van der Waals surface area contributed by atoms with Crippen molar-refractivity contribution in [3.63, 3.8) is 0 Å². The van der Waals surface area contributed by atoms with Gasteiger partial charge in [0.25, 0.3) is 0 Å². The molecule has 0 aliphatic carbocycles. The summed E-state index contributed by atoms with van der Waals surface area (Å²) >= 11 is 0. The first kappa shape index (κ1) is 23.3. The molecule has 3 aliphatic rings. The molecule has 2 aromatic rings. The molecule has 10 nitrogen and oxygen atoms in total. The second-order valence-corrected chi connectivity index (χ2v) is 9.48. The van der Waals surface area contributed by atoms with Crippen LogP contribution in [0.2, 0.25) is 0 Å². The van der Waals surface area contributed by atoms with E-state index < -0.39 is 0 Å². The van der Waals surface area contributed by atoms with Crippen molar-refractivity contribution in [2.45, 2.75) is 44.3 Å². The Hall–Kier alpha value is -3.47. The van der Waals surface area contributed by atoms with Gasteiger partial charge >= 0.3 is 6.01 Å². The molecular weight excluding hydrogens is 442 g/mol. The average molecular weight is 474 g/mol. The molecule has 10 heteroatoms. The van der Waals surface area contributed by atoms with Crippen LogP contribution in [0, 0.1) is 22.7 Å². The van der Waals surface area contributed by atoms with Crippen molar-refractivity contribution < 1.29 is 4.74 Å². The zero-order chi connectivity index (χ0) is 24.2. The minimum absolute atomic E-state index is 0.115. The molecule has 2 saturated heterocycles. The number of nitrogens with one attached hydrogen (secondary N) is 1. The summed E-state index contributed by atoms with van der Waals surface area (Å²) in [5.74, 6) is 0.917. The molecule has 1 N–H and O–H groups in total. The Labute approximate surface area is 206 Å². The van der Waals surface area contributed by atoms with Crippen LogP contribution in [0.15, 0.2) is 18.5 Å². The lowest BCUT2D eigenvalue weighted by Gasteiger charge is -2.37. The van der Waals surface area contributed by atoms with Crippen molar-refractivity contribution in [2.75, 3.05) is 56.2 Å². The van der Waals surface area contributed by atoms with Crippen LogP contribution in [-0.4, -0.2) is 78.3 Å². The maximum absolute atomic E-state index is 9.58. The number of likely N-dealkylation sites (N-methyl/N-ethyl adjacent to an activating group) is 1. The van der Waals surface area contributed by atoms with E-state index in [0.717, 1.165) is 68.3 Å². The lowest BCUT2D eigenvalue weighted by molar-refractivity contribution is 0.187. The van der Waals surface area contributed by atoms with Crippen LogP contribution >= 0.6 is 0 Å². The van der Waals surface area contributed by atoms with Crippen LogP contribution in [0.5, 0.6) is 6.01 Å². The molecular formula is C25H31N9O. The van der Waals surface area contributed by atoms with Crippen LogP contribution < -0.4 is 19.9 Å². The van der Waals surface area contributed by atoms with E-state index in [0.29, 0.717) is 37.2 Å². The number of rotatable bonds is 6. The molecule has 5 rings (SSSR count). The second-order valence-electron chi connectivity index (χ2n) is 9.48. The molecule has 0 saturated carbocycles. The van der Waals surface area contributed by atoms with E-state index in [1.54, 1.807) is 18.5 Å². The number of hydrogen-bond donors (Lipinski definition) is 1. The van der Waals surface area contributed by atoms with Crippen LogP contribution in [0.25, 0.3) is 0 Å². The summed E-state index contributed by atoms with van der Waals surface area (Å²) in [7, 11) is 2.13. The summed E-state index contributed by atoms with van der Waals surface area (Å²) in [5, 5.41) is 22.2. The van der Waals surface area contributed by atoms with E-state index >= 15 is 0 Å². The Morgan fingerprint density at radius 1 is 1.20 bits per heavy atom.